The van der Waals surface area contributed by atoms with Gasteiger partial charge in [-0.2, -0.15) is 5.10 Å². The van der Waals surface area contributed by atoms with Crippen LogP contribution in [0.3, 0.4) is 0 Å². The first kappa shape index (κ1) is 25.0. The van der Waals surface area contributed by atoms with Gasteiger partial charge in [0.1, 0.15) is 5.69 Å². The molecule has 34 heavy (non-hydrogen) atoms. The van der Waals surface area contributed by atoms with Gasteiger partial charge in [0, 0.05) is 24.0 Å². The van der Waals surface area contributed by atoms with Crippen LogP contribution in [-0.4, -0.2) is 53.5 Å². The maximum atomic E-state index is 12.8. The molecule has 0 saturated heterocycles. The van der Waals surface area contributed by atoms with Gasteiger partial charge in [-0.3, -0.25) is 19.5 Å². The van der Waals surface area contributed by atoms with E-state index in [4.69, 9.17) is 23.2 Å². The van der Waals surface area contributed by atoms with Crippen LogP contribution in [0.2, 0.25) is 10.0 Å². The number of aromatic amines is 1. The second-order valence-corrected chi connectivity index (χ2v) is 8.21. The Kier molecular flexibility index (Phi) is 8.42. The number of anilines is 3. The van der Waals surface area contributed by atoms with Crippen molar-refractivity contribution in [1.29, 1.82) is 0 Å². The highest BCUT2D eigenvalue weighted by Gasteiger charge is 2.20. The maximum absolute atomic E-state index is 12.8. The molecule has 1 aromatic heterocycles. The second-order valence-electron chi connectivity index (χ2n) is 7.40. The number of H-pyrrole nitrogens is 1. The summed E-state index contributed by atoms with van der Waals surface area (Å²) in [5.74, 6) is -1.42. The topological polar surface area (TPSA) is 119 Å². The lowest BCUT2D eigenvalue weighted by molar-refractivity contribution is -0.111. The molecule has 2 aromatic carbocycles. The normalized spacial score (nSPS) is 11.0. The van der Waals surface area contributed by atoms with Gasteiger partial charge >= 0.3 is 0 Å². The van der Waals surface area contributed by atoms with Gasteiger partial charge < -0.3 is 20.9 Å². The molecular formula is C23H22Cl2N6O3. The molecule has 0 spiro atoms. The first-order chi connectivity index (χ1) is 16.2. The minimum Gasteiger partial charge on any atom is -0.322 e. The highest BCUT2D eigenvalue weighted by Crippen LogP contribution is 2.26. The van der Waals surface area contributed by atoms with Crippen LogP contribution in [0.15, 0.2) is 60.8 Å². The second kappa shape index (κ2) is 11.5. The average Bonchev–Trinajstić information content (AvgIpc) is 3.21. The van der Waals surface area contributed by atoms with Crippen LogP contribution in [0.25, 0.3) is 0 Å². The molecule has 3 amide bonds. The lowest BCUT2D eigenvalue weighted by atomic mass is 10.2. The number of nitrogens with one attached hydrogen (secondary N) is 4. The van der Waals surface area contributed by atoms with Crippen molar-refractivity contribution in [3.05, 3.63) is 82.1 Å². The summed E-state index contributed by atoms with van der Waals surface area (Å²) in [5, 5.41) is 14.8. The average molecular weight is 501 g/mol. The van der Waals surface area contributed by atoms with E-state index in [0.29, 0.717) is 17.9 Å². The van der Waals surface area contributed by atoms with Crippen LogP contribution < -0.4 is 16.0 Å². The van der Waals surface area contributed by atoms with Crippen molar-refractivity contribution < 1.29 is 14.4 Å². The molecule has 0 radical (unpaired) electrons. The Hall–Kier alpha value is -3.66. The number of aromatic nitrogens is 2. The van der Waals surface area contributed by atoms with E-state index in [2.05, 4.69) is 26.1 Å². The smallest absolute Gasteiger partial charge is 0.275 e. The third-order valence-electron chi connectivity index (χ3n) is 4.43. The number of rotatable bonds is 8. The molecule has 176 valence electrons. The summed E-state index contributed by atoms with van der Waals surface area (Å²) >= 11 is 12.2. The fourth-order valence-corrected chi connectivity index (χ4v) is 3.45. The summed E-state index contributed by atoms with van der Waals surface area (Å²) in [7, 11) is 3.80. The standard InChI is InChI=1S/C23H22Cl2N6O3/c1-31(2)11-5-10-19(32)27-14-6-3-7-15(12-14)28-23(34)21-18(13-26-30-21)29-22(33)20-16(24)8-4-9-17(20)25/h3-10,12-13H,11H2,1-2H3,(H,26,30)(H,27,32)(H,28,34)(H,29,33)/b10-5+. The largest absolute Gasteiger partial charge is 0.322 e. The molecule has 9 nitrogen and oxygen atoms in total. The molecular weight excluding hydrogens is 479 g/mol. The highest BCUT2D eigenvalue weighted by atomic mass is 35.5. The zero-order chi connectivity index (χ0) is 24.7. The number of benzene rings is 2. The Labute approximate surface area is 206 Å². The zero-order valence-electron chi connectivity index (χ0n) is 18.4. The van der Waals surface area contributed by atoms with Crippen LogP contribution in [-0.2, 0) is 4.79 Å². The van der Waals surface area contributed by atoms with E-state index < -0.39 is 11.8 Å². The van der Waals surface area contributed by atoms with Crippen LogP contribution >= 0.6 is 23.2 Å². The van der Waals surface area contributed by atoms with Crippen LogP contribution in [0.4, 0.5) is 17.1 Å². The molecule has 0 aliphatic heterocycles. The molecule has 3 rings (SSSR count). The van der Waals surface area contributed by atoms with Gasteiger partial charge in [-0.1, -0.05) is 41.4 Å². The van der Waals surface area contributed by atoms with Gasteiger partial charge in [0.25, 0.3) is 11.8 Å². The lowest BCUT2D eigenvalue weighted by Crippen LogP contribution is -2.18. The van der Waals surface area contributed by atoms with Crippen LogP contribution in [0, 0.1) is 0 Å². The predicted octanol–water partition coefficient (Wildman–Crippen LogP) is 4.28. The Morgan fingerprint density at radius 2 is 1.62 bits per heavy atom. The SMILES string of the molecule is CN(C)C/C=C/C(=O)Nc1cccc(NC(=O)c2[nH]ncc2NC(=O)c2c(Cl)cccc2Cl)c1. The van der Waals surface area contributed by atoms with Gasteiger partial charge in [0.2, 0.25) is 5.91 Å². The van der Waals surface area contributed by atoms with E-state index >= 15 is 0 Å². The molecule has 0 fully saturated rings. The first-order valence-corrected chi connectivity index (χ1v) is 10.8. The van der Waals surface area contributed by atoms with Crippen LogP contribution in [0.5, 0.6) is 0 Å². The monoisotopic (exact) mass is 500 g/mol. The van der Waals surface area contributed by atoms with E-state index in [-0.39, 0.29) is 32.9 Å². The molecule has 0 saturated carbocycles. The number of carbonyl (C=O) groups is 3. The fourth-order valence-electron chi connectivity index (χ4n) is 2.88. The van der Waals surface area contributed by atoms with Gasteiger partial charge in [0.15, 0.2) is 0 Å². The predicted molar refractivity (Wildman–Crippen MR) is 134 cm³/mol. The molecule has 4 N–H and O–H groups in total. The quantitative estimate of drug-likeness (QED) is 0.344. The fraction of sp³-hybridized carbons (Fsp3) is 0.130. The number of likely N-dealkylation sites (N-methyl/N-ethyl adjacent to an activating group) is 1. The summed E-state index contributed by atoms with van der Waals surface area (Å²) < 4.78 is 0. The van der Waals surface area contributed by atoms with Crippen molar-refractivity contribution in [2.75, 3.05) is 36.6 Å². The molecule has 0 aliphatic carbocycles. The number of amides is 3. The highest BCUT2D eigenvalue weighted by molar-refractivity contribution is 6.40. The Bertz CT molecular complexity index is 1220. The number of hydrogen-bond acceptors (Lipinski definition) is 5. The van der Waals surface area contributed by atoms with Gasteiger partial charge in [-0.05, 0) is 44.4 Å². The van der Waals surface area contributed by atoms with Crippen molar-refractivity contribution in [3.63, 3.8) is 0 Å². The minimum atomic E-state index is -0.585. The lowest BCUT2D eigenvalue weighted by Gasteiger charge is -2.10. The minimum absolute atomic E-state index is 0.0255. The summed E-state index contributed by atoms with van der Waals surface area (Å²) in [6.07, 6.45) is 4.48. The van der Waals surface area contributed by atoms with E-state index in [0.717, 1.165) is 0 Å². The summed E-state index contributed by atoms with van der Waals surface area (Å²) in [5.41, 5.74) is 1.19. The summed E-state index contributed by atoms with van der Waals surface area (Å²) in [6, 6.07) is 11.3. The Balaban J connectivity index is 1.68. The number of carbonyl (C=O) groups excluding carboxylic acids is 3. The van der Waals surface area contributed by atoms with Crippen molar-refractivity contribution in [2.24, 2.45) is 0 Å². The molecule has 11 heteroatoms. The van der Waals surface area contributed by atoms with Crippen molar-refractivity contribution in [1.82, 2.24) is 15.1 Å². The molecule has 3 aromatic rings. The number of halogens is 2. The third kappa shape index (κ3) is 6.67. The van der Waals surface area contributed by atoms with E-state index in [1.54, 1.807) is 36.4 Å². The molecule has 0 atom stereocenters. The molecule has 0 unspecified atom stereocenters. The molecule has 0 bridgehead atoms. The first-order valence-electron chi connectivity index (χ1n) is 10.1. The van der Waals surface area contributed by atoms with Crippen molar-refractivity contribution in [2.45, 2.75) is 0 Å². The van der Waals surface area contributed by atoms with Crippen molar-refractivity contribution >= 4 is 58.0 Å². The van der Waals surface area contributed by atoms with Gasteiger partial charge in [0.05, 0.1) is 27.5 Å². The van der Waals surface area contributed by atoms with E-state index in [9.17, 15) is 14.4 Å². The summed E-state index contributed by atoms with van der Waals surface area (Å²) in [6.45, 7) is 0.634. The Morgan fingerprint density at radius 3 is 2.29 bits per heavy atom. The van der Waals surface area contributed by atoms with E-state index in [1.807, 2.05) is 19.0 Å². The van der Waals surface area contributed by atoms with Gasteiger partial charge in [-0.25, -0.2) is 0 Å². The van der Waals surface area contributed by atoms with Crippen molar-refractivity contribution in [3.8, 4) is 0 Å². The maximum Gasteiger partial charge on any atom is 0.275 e. The third-order valence-corrected chi connectivity index (χ3v) is 5.06. The molecule has 1 heterocycles. The number of nitrogens with zero attached hydrogens (tertiary/aromatic N) is 2. The van der Waals surface area contributed by atoms with E-state index in [1.165, 1.54) is 24.4 Å². The summed E-state index contributed by atoms with van der Waals surface area (Å²) in [4.78, 5) is 39.4. The number of hydrogen-bond donors (Lipinski definition) is 4. The zero-order valence-corrected chi connectivity index (χ0v) is 19.9. The Morgan fingerprint density at radius 1 is 0.971 bits per heavy atom. The molecule has 0 aliphatic rings. The van der Waals surface area contributed by atoms with Crippen LogP contribution in [0.1, 0.15) is 20.8 Å². The van der Waals surface area contributed by atoms with Gasteiger partial charge in [-0.15, -0.1) is 0 Å².